The number of hydrogen-bond donors (Lipinski definition) is 1. The maximum Gasteiger partial charge on any atom is 0.0183 e. The summed E-state index contributed by atoms with van der Waals surface area (Å²) in [4.78, 5) is 0. The van der Waals surface area contributed by atoms with E-state index in [-0.39, 0.29) is 0 Å². The summed E-state index contributed by atoms with van der Waals surface area (Å²) in [5.41, 5.74) is 2.12. The Balaban J connectivity index is 3.01. The SMILES string of the molecule is C=C/C=C\C(=C/C=N)c1ccccc1. The van der Waals surface area contributed by atoms with Crippen LogP contribution in [0.3, 0.4) is 0 Å². The van der Waals surface area contributed by atoms with E-state index in [2.05, 4.69) is 6.58 Å². The Hall–Kier alpha value is -1.89. The van der Waals surface area contributed by atoms with Crippen LogP contribution in [0, 0.1) is 5.41 Å². The van der Waals surface area contributed by atoms with E-state index in [0.717, 1.165) is 11.1 Å². The highest BCUT2D eigenvalue weighted by atomic mass is 14.3. The number of hydrogen-bond acceptors (Lipinski definition) is 1. The van der Waals surface area contributed by atoms with E-state index in [9.17, 15) is 0 Å². The second-order valence-electron chi connectivity index (χ2n) is 2.75. The lowest BCUT2D eigenvalue weighted by Crippen LogP contribution is -1.80. The van der Waals surface area contributed by atoms with Crippen LogP contribution in [0.1, 0.15) is 5.56 Å². The minimum Gasteiger partial charge on any atom is -0.309 e. The normalized spacial score (nSPS) is 11.6. The third kappa shape index (κ3) is 2.87. The Morgan fingerprint density at radius 3 is 2.50 bits per heavy atom. The number of rotatable bonds is 4. The molecule has 70 valence electrons. The van der Waals surface area contributed by atoms with E-state index in [1.165, 1.54) is 6.21 Å². The molecular formula is C13H13N. The highest BCUT2D eigenvalue weighted by Crippen LogP contribution is 2.14. The summed E-state index contributed by atoms with van der Waals surface area (Å²) in [6.07, 6.45) is 8.57. The molecule has 0 amide bonds. The third-order valence-electron chi connectivity index (χ3n) is 1.78. The van der Waals surface area contributed by atoms with Crippen molar-refractivity contribution in [2.45, 2.75) is 0 Å². The van der Waals surface area contributed by atoms with Gasteiger partial charge < -0.3 is 5.41 Å². The molecule has 0 atom stereocenters. The van der Waals surface area contributed by atoms with E-state index in [1.54, 1.807) is 12.2 Å². The van der Waals surface area contributed by atoms with Gasteiger partial charge in [0.25, 0.3) is 0 Å². The molecule has 14 heavy (non-hydrogen) atoms. The molecule has 1 N–H and O–H groups in total. The number of nitrogens with one attached hydrogen (secondary N) is 1. The predicted octanol–water partition coefficient (Wildman–Crippen LogP) is 3.46. The van der Waals surface area contributed by atoms with Gasteiger partial charge >= 0.3 is 0 Å². The number of allylic oxidation sites excluding steroid dienone is 5. The van der Waals surface area contributed by atoms with Crippen molar-refractivity contribution in [1.82, 2.24) is 0 Å². The van der Waals surface area contributed by atoms with Gasteiger partial charge in [-0.15, -0.1) is 0 Å². The Labute approximate surface area is 84.6 Å². The second kappa shape index (κ2) is 5.70. The summed E-state index contributed by atoms with van der Waals surface area (Å²) in [7, 11) is 0. The maximum atomic E-state index is 7.06. The Bertz CT molecular complexity index is 358. The zero-order valence-corrected chi connectivity index (χ0v) is 7.98. The van der Waals surface area contributed by atoms with Crippen molar-refractivity contribution in [3.63, 3.8) is 0 Å². The molecule has 1 heteroatoms. The van der Waals surface area contributed by atoms with Crippen LogP contribution in [0.4, 0.5) is 0 Å². The van der Waals surface area contributed by atoms with Gasteiger partial charge in [-0.1, -0.05) is 55.1 Å². The van der Waals surface area contributed by atoms with Gasteiger partial charge in [0.05, 0.1) is 0 Å². The van der Waals surface area contributed by atoms with Gasteiger partial charge in [0.1, 0.15) is 0 Å². The summed E-state index contributed by atoms with van der Waals surface area (Å²) >= 11 is 0. The first-order valence-corrected chi connectivity index (χ1v) is 4.43. The van der Waals surface area contributed by atoms with Gasteiger partial charge in [-0.05, 0) is 17.2 Å². The smallest absolute Gasteiger partial charge is 0.0183 e. The lowest BCUT2D eigenvalue weighted by Gasteiger charge is -1.99. The fourth-order valence-electron chi connectivity index (χ4n) is 1.14. The van der Waals surface area contributed by atoms with Gasteiger partial charge in [0.15, 0.2) is 0 Å². The first-order chi connectivity index (χ1) is 6.88. The molecule has 0 spiro atoms. The van der Waals surface area contributed by atoms with E-state index in [1.807, 2.05) is 42.5 Å². The summed E-state index contributed by atoms with van der Waals surface area (Å²) in [6, 6.07) is 9.97. The van der Waals surface area contributed by atoms with Crippen molar-refractivity contribution in [2.75, 3.05) is 0 Å². The molecule has 0 bridgehead atoms. The van der Waals surface area contributed by atoms with Crippen LogP contribution >= 0.6 is 0 Å². The molecule has 0 aliphatic rings. The minimum atomic E-state index is 1.01. The van der Waals surface area contributed by atoms with Crippen molar-refractivity contribution in [1.29, 1.82) is 5.41 Å². The molecule has 0 saturated heterocycles. The molecule has 1 aromatic rings. The first-order valence-electron chi connectivity index (χ1n) is 4.43. The van der Waals surface area contributed by atoms with Gasteiger partial charge in [0.2, 0.25) is 0 Å². The summed E-state index contributed by atoms with van der Waals surface area (Å²) in [5.74, 6) is 0. The minimum absolute atomic E-state index is 1.01. The van der Waals surface area contributed by atoms with Gasteiger partial charge in [-0.25, -0.2) is 0 Å². The molecule has 1 nitrogen and oxygen atoms in total. The summed E-state index contributed by atoms with van der Waals surface area (Å²) in [5, 5.41) is 7.06. The van der Waals surface area contributed by atoms with Gasteiger partial charge in [0, 0.05) is 6.21 Å². The van der Waals surface area contributed by atoms with Crippen LogP contribution in [-0.2, 0) is 0 Å². The first kappa shape index (κ1) is 10.2. The molecule has 0 aliphatic heterocycles. The van der Waals surface area contributed by atoms with E-state index < -0.39 is 0 Å². The Morgan fingerprint density at radius 2 is 1.93 bits per heavy atom. The van der Waals surface area contributed by atoms with Crippen LogP contribution in [0.15, 0.2) is 61.2 Å². The van der Waals surface area contributed by atoms with E-state index >= 15 is 0 Å². The van der Waals surface area contributed by atoms with Crippen molar-refractivity contribution in [3.8, 4) is 0 Å². The Kier molecular flexibility index (Phi) is 4.15. The molecule has 0 aliphatic carbocycles. The standard InChI is InChI=1S/C13H13N/c1-2-3-7-13(10-11-14)12-8-5-4-6-9-12/h2-11,14H,1H2/b7-3-,13-10+,14-11?. The largest absolute Gasteiger partial charge is 0.309 e. The highest BCUT2D eigenvalue weighted by Gasteiger charge is 1.93. The molecule has 0 saturated carbocycles. The van der Waals surface area contributed by atoms with Crippen LogP contribution in [0.5, 0.6) is 0 Å². The molecule has 0 fully saturated rings. The van der Waals surface area contributed by atoms with Crippen LogP contribution in [0.25, 0.3) is 5.57 Å². The molecule has 1 rings (SSSR count). The van der Waals surface area contributed by atoms with Crippen molar-refractivity contribution < 1.29 is 0 Å². The fraction of sp³-hybridized carbons (Fsp3) is 0. The van der Waals surface area contributed by atoms with Crippen molar-refractivity contribution in [2.24, 2.45) is 0 Å². The summed E-state index contributed by atoms with van der Waals surface area (Å²) in [6.45, 7) is 3.62. The second-order valence-corrected chi connectivity index (χ2v) is 2.75. The van der Waals surface area contributed by atoms with Crippen LogP contribution in [0.2, 0.25) is 0 Å². The average Bonchev–Trinajstić information content (AvgIpc) is 2.25. The fourth-order valence-corrected chi connectivity index (χ4v) is 1.14. The lowest BCUT2D eigenvalue weighted by atomic mass is 10.1. The van der Waals surface area contributed by atoms with Crippen LogP contribution in [-0.4, -0.2) is 6.21 Å². The van der Waals surface area contributed by atoms with Gasteiger partial charge in [-0.3, -0.25) is 0 Å². The molecular weight excluding hydrogens is 170 g/mol. The van der Waals surface area contributed by atoms with Gasteiger partial charge in [-0.2, -0.15) is 0 Å². The highest BCUT2D eigenvalue weighted by molar-refractivity contribution is 5.87. The zero-order chi connectivity index (χ0) is 10.2. The zero-order valence-electron chi connectivity index (χ0n) is 7.98. The maximum absolute atomic E-state index is 7.06. The van der Waals surface area contributed by atoms with E-state index in [0.29, 0.717) is 0 Å². The number of benzene rings is 1. The molecule has 0 aromatic heterocycles. The summed E-state index contributed by atoms with van der Waals surface area (Å²) < 4.78 is 0. The Morgan fingerprint density at radius 1 is 1.21 bits per heavy atom. The van der Waals surface area contributed by atoms with E-state index in [4.69, 9.17) is 5.41 Å². The molecule has 0 radical (unpaired) electrons. The van der Waals surface area contributed by atoms with Crippen molar-refractivity contribution in [3.05, 3.63) is 66.8 Å². The predicted molar refractivity (Wildman–Crippen MR) is 62.5 cm³/mol. The lowest BCUT2D eigenvalue weighted by molar-refractivity contribution is 1.57. The topological polar surface area (TPSA) is 23.9 Å². The molecule has 0 unspecified atom stereocenters. The third-order valence-corrected chi connectivity index (χ3v) is 1.78. The average molecular weight is 183 g/mol. The quantitative estimate of drug-likeness (QED) is 0.546. The molecule has 0 heterocycles. The van der Waals surface area contributed by atoms with Crippen molar-refractivity contribution >= 4 is 11.8 Å². The van der Waals surface area contributed by atoms with Crippen LogP contribution < -0.4 is 0 Å². The molecule has 1 aromatic carbocycles. The monoisotopic (exact) mass is 183 g/mol.